The summed E-state index contributed by atoms with van der Waals surface area (Å²) in [5, 5.41) is 4.11. The molecule has 1 unspecified atom stereocenters. The number of nitrogens with two attached hydrogens (primary N) is 1. The van der Waals surface area contributed by atoms with Crippen LogP contribution in [0.1, 0.15) is 33.3 Å². The third-order valence-electron chi connectivity index (χ3n) is 2.39. The molecular formula is C10H14N4S2. The maximum Gasteiger partial charge on any atom is 0.0929 e. The molecule has 0 saturated carbocycles. The van der Waals surface area contributed by atoms with Crippen molar-refractivity contribution in [2.24, 2.45) is 5.84 Å². The average molecular weight is 254 g/mol. The Morgan fingerprint density at radius 2 is 2.31 bits per heavy atom. The van der Waals surface area contributed by atoms with Gasteiger partial charge in [0.2, 0.25) is 0 Å². The predicted molar refractivity (Wildman–Crippen MR) is 67.5 cm³/mol. The molecule has 0 radical (unpaired) electrons. The molecule has 0 aromatic carbocycles. The monoisotopic (exact) mass is 254 g/mol. The first-order chi connectivity index (χ1) is 7.76. The van der Waals surface area contributed by atoms with Gasteiger partial charge in [-0.15, -0.1) is 16.4 Å². The van der Waals surface area contributed by atoms with E-state index >= 15 is 0 Å². The third-order valence-corrected chi connectivity index (χ3v) is 4.29. The summed E-state index contributed by atoms with van der Waals surface area (Å²) in [6.07, 6.45) is 0.883. The van der Waals surface area contributed by atoms with Crippen LogP contribution in [0.4, 0.5) is 0 Å². The fourth-order valence-electron chi connectivity index (χ4n) is 1.58. The van der Waals surface area contributed by atoms with Crippen molar-refractivity contribution >= 4 is 22.9 Å². The van der Waals surface area contributed by atoms with E-state index in [0.29, 0.717) is 0 Å². The lowest BCUT2D eigenvalue weighted by Crippen LogP contribution is -2.28. The van der Waals surface area contributed by atoms with E-state index in [9.17, 15) is 0 Å². The van der Waals surface area contributed by atoms with Crippen molar-refractivity contribution in [3.05, 3.63) is 32.5 Å². The minimum atomic E-state index is 0.0219. The molecule has 0 bridgehead atoms. The van der Waals surface area contributed by atoms with Gasteiger partial charge in [0.05, 0.1) is 16.6 Å². The zero-order chi connectivity index (χ0) is 11.5. The molecule has 3 N–H and O–H groups in total. The Morgan fingerprint density at radius 3 is 2.88 bits per heavy atom. The van der Waals surface area contributed by atoms with E-state index in [1.54, 1.807) is 11.3 Å². The molecule has 2 heterocycles. The number of aromatic nitrogens is 2. The van der Waals surface area contributed by atoms with E-state index < -0.39 is 0 Å². The zero-order valence-corrected chi connectivity index (χ0v) is 10.9. The molecule has 0 aliphatic carbocycles. The van der Waals surface area contributed by atoms with Crippen molar-refractivity contribution in [1.29, 1.82) is 0 Å². The van der Waals surface area contributed by atoms with Crippen LogP contribution in [0.5, 0.6) is 0 Å². The number of thiophene rings is 1. The molecule has 0 amide bonds. The summed E-state index contributed by atoms with van der Waals surface area (Å²) in [5.41, 5.74) is 3.88. The highest BCUT2D eigenvalue weighted by atomic mass is 32.1. The first-order valence-corrected chi connectivity index (χ1v) is 6.68. The van der Waals surface area contributed by atoms with Crippen molar-refractivity contribution in [3.63, 3.8) is 0 Å². The minimum absolute atomic E-state index is 0.0219. The fourth-order valence-corrected chi connectivity index (χ4v) is 3.42. The van der Waals surface area contributed by atoms with E-state index in [1.165, 1.54) is 21.3 Å². The van der Waals surface area contributed by atoms with Crippen LogP contribution < -0.4 is 11.3 Å². The quantitative estimate of drug-likeness (QED) is 0.647. The highest BCUT2D eigenvalue weighted by molar-refractivity contribution is 7.12. The number of rotatable bonds is 4. The lowest BCUT2D eigenvalue weighted by molar-refractivity contribution is 0.648. The Bertz CT molecular complexity index is 463. The standard InChI is InChI=1S/C10H14N4S2/c1-3-7-10(16-14-13-7)9(12-11)8-5-4-6(2)15-8/h4-5,9,12H,3,11H2,1-2H3. The number of hydrazine groups is 1. The van der Waals surface area contributed by atoms with Gasteiger partial charge in [-0.3, -0.25) is 5.84 Å². The topological polar surface area (TPSA) is 63.8 Å². The van der Waals surface area contributed by atoms with Gasteiger partial charge < -0.3 is 0 Å². The summed E-state index contributed by atoms with van der Waals surface area (Å²) in [7, 11) is 0. The van der Waals surface area contributed by atoms with Gasteiger partial charge >= 0.3 is 0 Å². The second-order valence-corrected chi connectivity index (χ2v) is 5.59. The number of nitrogens with zero attached hydrogens (tertiary/aromatic N) is 2. The first-order valence-electron chi connectivity index (χ1n) is 5.09. The largest absolute Gasteiger partial charge is 0.271 e. The summed E-state index contributed by atoms with van der Waals surface area (Å²) >= 11 is 3.16. The Morgan fingerprint density at radius 1 is 1.50 bits per heavy atom. The third kappa shape index (κ3) is 2.15. The van der Waals surface area contributed by atoms with Crippen molar-refractivity contribution in [3.8, 4) is 0 Å². The van der Waals surface area contributed by atoms with Crippen LogP contribution in [0.3, 0.4) is 0 Å². The van der Waals surface area contributed by atoms with E-state index in [1.807, 2.05) is 0 Å². The van der Waals surface area contributed by atoms with Gasteiger partial charge in [-0.05, 0) is 37.0 Å². The maximum atomic E-state index is 5.64. The van der Waals surface area contributed by atoms with Crippen molar-refractivity contribution in [2.45, 2.75) is 26.3 Å². The van der Waals surface area contributed by atoms with Gasteiger partial charge in [0.1, 0.15) is 0 Å². The molecule has 2 aromatic rings. The lowest BCUT2D eigenvalue weighted by Gasteiger charge is -2.12. The van der Waals surface area contributed by atoms with E-state index in [-0.39, 0.29) is 6.04 Å². The first kappa shape index (κ1) is 11.7. The number of hydrogen-bond donors (Lipinski definition) is 2. The van der Waals surface area contributed by atoms with Crippen molar-refractivity contribution < 1.29 is 0 Å². The fraction of sp³-hybridized carbons (Fsp3) is 0.400. The molecule has 2 aromatic heterocycles. The second-order valence-electron chi connectivity index (χ2n) is 3.49. The summed E-state index contributed by atoms with van der Waals surface area (Å²) in [6.45, 7) is 4.17. The molecule has 86 valence electrons. The molecule has 0 aliphatic heterocycles. The maximum absolute atomic E-state index is 5.64. The molecule has 0 aliphatic rings. The highest BCUT2D eigenvalue weighted by Gasteiger charge is 2.20. The van der Waals surface area contributed by atoms with Gasteiger partial charge in [0.15, 0.2) is 0 Å². The Kier molecular flexibility index (Phi) is 3.65. The predicted octanol–water partition coefficient (Wildman–Crippen LogP) is 2.02. The van der Waals surface area contributed by atoms with Crippen LogP contribution in [-0.4, -0.2) is 9.59 Å². The highest BCUT2D eigenvalue weighted by Crippen LogP contribution is 2.31. The lowest BCUT2D eigenvalue weighted by atomic mass is 10.1. The van der Waals surface area contributed by atoms with E-state index in [4.69, 9.17) is 5.84 Å². The molecule has 0 spiro atoms. The number of aryl methyl sites for hydroxylation is 2. The SMILES string of the molecule is CCc1nnsc1C(NN)c1ccc(C)s1. The number of hydrogen-bond acceptors (Lipinski definition) is 6. The molecule has 0 saturated heterocycles. The molecule has 6 heteroatoms. The summed E-state index contributed by atoms with van der Waals surface area (Å²) < 4.78 is 3.99. The van der Waals surface area contributed by atoms with Crippen LogP contribution in [0.25, 0.3) is 0 Å². The van der Waals surface area contributed by atoms with E-state index in [2.05, 4.69) is 41.0 Å². The van der Waals surface area contributed by atoms with Crippen LogP contribution in [-0.2, 0) is 6.42 Å². The molecule has 4 nitrogen and oxygen atoms in total. The Balaban J connectivity index is 2.36. The van der Waals surface area contributed by atoms with Crippen molar-refractivity contribution in [2.75, 3.05) is 0 Å². The average Bonchev–Trinajstić information content (AvgIpc) is 2.89. The molecule has 0 fully saturated rings. The van der Waals surface area contributed by atoms with Gasteiger partial charge in [-0.2, -0.15) is 0 Å². The van der Waals surface area contributed by atoms with Gasteiger partial charge in [0.25, 0.3) is 0 Å². The van der Waals surface area contributed by atoms with Crippen molar-refractivity contribution in [1.82, 2.24) is 15.0 Å². The summed E-state index contributed by atoms with van der Waals surface area (Å²) in [5.74, 6) is 5.64. The Labute approximate surface area is 103 Å². The Hall–Kier alpha value is -0.820. The van der Waals surface area contributed by atoms with Crippen LogP contribution in [0, 0.1) is 6.92 Å². The molecule has 16 heavy (non-hydrogen) atoms. The minimum Gasteiger partial charge on any atom is -0.271 e. The zero-order valence-electron chi connectivity index (χ0n) is 9.23. The van der Waals surface area contributed by atoms with Crippen LogP contribution in [0.2, 0.25) is 0 Å². The normalized spacial score (nSPS) is 12.9. The molecule has 1 atom stereocenters. The summed E-state index contributed by atoms with van der Waals surface area (Å²) in [4.78, 5) is 3.61. The van der Waals surface area contributed by atoms with Gasteiger partial charge in [0, 0.05) is 9.75 Å². The smallest absolute Gasteiger partial charge is 0.0929 e. The number of nitrogens with one attached hydrogen (secondary N) is 1. The van der Waals surface area contributed by atoms with Crippen LogP contribution >= 0.6 is 22.9 Å². The summed E-state index contributed by atoms with van der Waals surface area (Å²) in [6, 6.07) is 4.22. The van der Waals surface area contributed by atoms with E-state index in [0.717, 1.165) is 17.0 Å². The molecule has 2 rings (SSSR count). The van der Waals surface area contributed by atoms with Gasteiger partial charge in [-0.25, -0.2) is 5.43 Å². The van der Waals surface area contributed by atoms with Gasteiger partial charge in [-0.1, -0.05) is 11.4 Å². The molecular weight excluding hydrogens is 240 g/mol. The van der Waals surface area contributed by atoms with Crippen LogP contribution in [0.15, 0.2) is 12.1 Å². The second kappa shape index (κ2) is 5.01.